The third-order valence-electron chi connectivity index (χ3n) is 4.14. The largest absolute Gasteiger partial charge is 0.332 e. The molecule has 0 unspecified atom stereocenters. The number of halogens is 2. The Hall–Kier alpha value is -1.87. The lowest BCUT2D eigenvalue weighted by Crippen LogP contribution is -2.31. The summed E-state index contributed by atoms with van der Waals surface area (Å²) in [6, 6.07) is 12.4. The van der Waals surface area contributed by atoms with Crippen molar-refractivity contribution < 1.29 is 9.18 Å². The van der Waals surface area contributed by atoms with E-state index in [1.165, 1.54) is 17.7 Å². The molecule has 1 heterocycles. The van der Waals surface area contributed by atoms with E-state index < -0.39 is 5.82 Å². The lowest BCUT2D eigenvalue weighted by atomic mass is 10.0. The first-order valence-electron chi connectivity index (χ1n) is 7.39. The number of carbonyl (C=O) groups excluding carboxylic acids is 1. The van der Waals surface area contributed by atoms with Crippen LogP contribution >= 0.6 is 11.6 Å². The molecule has 1 fully saturated rings. The van der Waals surface area contributed by atoms with E-state index in [0.29, 0.717) is 11.6 Å². The highest BCUT2D eigenvalue weighted by atomic mass is 35.5. The molecule has 0 bridgehead atoms. The standard InChI is InChI=1S/C18H17ClFNO/c1-12-4-6-13(7-5-12)17-3-2-10-21(17)18(22)15-9-8-14(19)11-16(15)20/h4-9,11,17H,2-3,10H2,1H3/t17-/m0/s1. The van der Waals surface area contributed by atoms with Crippen LogP contribution in [0.2, 0.25) is 5.02 Å². The molecule has 2 aromatic rings. The number of benzene rings is 2. The van der Waals surface area contributed by atoms with Crippen molar-refractivity contribution in [2.24, 2.45) is 0 Å². The minimum atomic E-state index is -0.563. The van der Waals surface area contributed by atoms with Gasteiger partial charge in [0, 0.05) is 11.6 Å². The summed E-state index contributed by atoms with van der Waals surface area (Å²) in [6.07, 6.45) is 1.84. The van der Waals surface area contributed by atoms with Crippen molar-refractivity contribution in [3.05, 3.63) is 70.0 Å². The zero-order valence-electron chi connectivity index (χ0n) is 12.4. The van der Waals surface area contributed by atoms with Gasteiger partial charge in [0.1, 0.15) is 5.82 Å². The second-order valence-electron chi connectivity index (χ2n) is 5.69. The molecule has 0 aromatic heterocycles. The maximum atomic E-state index is 14.0. The number of likely N-dealkylation sites (tertiary alicyclic amines) is 1. The van der Waals surface area contributed by atoms with Crippen LogP contribution in [0.25, 0.3) is 0 Å². The lowest BCUT2D eigenvalue weighted by Gasteiger charge is -2.25. The van der Waals surface area contributed by atoms with E-state index in [0.717, 1.165) is 18.4 Å². The average Bonchev–Trinajstić information content (AvgIpc) is 2.97. The van der Waals surface area contributed by atoms with Crippen molar-refractivity contribution in [3.8, 4) is 0 Å². The highest BCUT2D eigenvalue weighted by molar-refractivity contribution is 6.30. The van der Waals surface area contributed by atoms with Crippen LogP contribution in [0.15, 0.2) is 42.5 Å². The van der Waals surface area contributed by atoms with Crippen LogP contribution in [-0.2, 0) is 0 Å². The first kappa shape index (κ1) is 15.0. The quantitative estimate of drug-likeness (QED) is 0.781. The van der Waals surface area contributed by atoms with E-state index in [1.807, 2.05) is 31.2 Å². The van der Waals surface area contributed by atoms with Gasteiger partial charge in [0.15, 0.2) is 0 Å². The normalized spacial score (nSPS) is 17.8. The van der Waals surface area contributed by atoms with E-state index in [2.05, 4.69) is 0 Å². The van der Waals surface area contributed by atoms with Crippen LogP contribution in [0.3, 0.4) is 0 Å². The van der Waals surface area contributed by atoms with Crippen LogP contribution in [0.4, 0.5) is 4.39 Å². The highest BCUT2D eigenvalue weighted by Crippen LogP contribution is 2.33. The molecule has 4 heteroatoms. The summed E-state index contributed by atoms with van der Waals surface area (Å²) in [7, 11) is 0. The number of hydrogen-bond donors (Lipinski definition) is 0. The Morgan fingerprint density at radius 3 is 2.64 bits per heavy atom. The number of amides is 1. The number of carbonyl (C=O) groups is 1. The molecule has 22 heavy (non-hydrogen) atoms. The number of aryl methyl sites for hydroxylation is 1. The molecule has 1 atom stereocenters. The Labute approximate surface area is 134 Å². The third kappa shape index (κ3) is 2.86. The summed E-state index contributed by atoms with van der Waals surface area (Å²) in [4.78, 5) is 14.4. The van der Waals surface area contributed by atoms with Crippen molar-refractivity contribution in [2.75, 3.05) is 6.54 Å². The van der Waals surface area contributed by atoms with E-state index in [4.69, 9.17) is 11.6 Å². The fraction of sp³-hybridized carbons (Fsp3) is 0.278. The molecular formula is C18H17ClFNO. The first-order valence-corrected chi connectivity index (χ1v) is 7.76. The van der Waals surface area contributed by atoms with Crippen LogP contribution in [0.1, 0.15) is 40.4 Å². The number of nitrogens with zero attached hydrogens (tertiary/aromatic N) is 1. The molecule has 1 aliphatic heterocycles. The Morgan fingerprint density at radius 1 is 1.23 bits per heavy atom. The molecule has 0 spiro atoms. The molecule has 1 saturated heterocycles. The molecule has 2 nitrogen and oxygen atoms in total. The summed E-state index contributed by atoms with van der Waals surface area (Å²) in [5.41, 5.74) is 2.37. The predicted molar refractivity (Wildman–Crippen MR) is 85.6 cm³/mol. The van der Waals surface area contributed by atoms with Crippen molar-refractivity contribution >= 4 is 17.5 Å². The van der Waals surface area contributed by atoms with Gasteiger partial charge < -0.3 is 4.90 Å². The van der Waals surface area contributed by atoms with Gasteiger partial charge in [-0.2, -0.15) is 0 Å². The fourth-order valence-electron chi connectivity index (χ4n) is 2.96. The van der Waals surface area contributed by atoms with Crippen molar-refractivity contribution in [2.45, 2.75) is 25.8 Å². The molecular weight excluding hydrogens is 301 g/mol. The van der Waals surface area contributed by atoms with Gasteiger partial charge in [-0.25, -0.2) is 4.39 Å². The van der Waals surface area contributed by atoms with Gasteiger partial charge in [-0.05, 0) is 43.5 Å². The van der Waals surface area contributed by atoms with Crippen molar-refractivity contribution in [1.82, 2.24) is 4.90 Å². The summed E-state index contributed by atoms with van der Waals surface area (Å²) in [5.74, 6) is -0.829. The lowest BCUT2D eigenvalue weighted by molar-refractivity contribution is 0.0731. The van der Waals surface area contributed by atoms with E-state index in [-0.39, 0.29) is 17.5 Å². The maximum Gasteiger partial charge on any atom is 0.257 e. The molecule has 0 saturated carbocycles. The van der Waals surface area contributed by atoms with Crippen molar-refractivity contribution in [3.63, 3.8) is 0 Å². The SMILES string of the molecule is Cc1ccc([C@@H]2CCCN2C(=O)c2ccc(Cl)cc2F)cc1. The van der Waals surface area contributed by atoms with Gasteiger partial charge >= 0.3 is 0 Å². The molecule has 0 N–H and O–H groups in total. The summed E-state index contributed by atoms with van der Waals surface area (Å²) in [6.45, 7) is 2.68. The van der Waals surface area contributed by atoms with Crippen LogP contribution in [-0.4, -0.2) is 17.4 Å². The zero-order chi connectivity index (χ0) is 15.7. The fourth-order valence-corrected chi connectivity index (χ4v) is 3.12. The van der Waals surface area contributed by atoms with Crippen molar-refractivity contribution in [1.29, 1.82) is 0 Å². The van der Waals surface area contributed by atoms with Crippen LogP contribution < -0.4 is 0 Å². The summed E-state index contributed by atoms with van der Waals surface area (Å²) < 4.78 is 14.0. The van der Waals surface area contributed by atoms with Gasteiger partial charge in [-0.3, -0.25) is 4.79 Å². The average molecular weight is 318 g/mol. The third-order valence-corrected chi connectivity index (χ3v) is 4.37. The molecule has 1 amide bonds. The topological polar surface area (TPSA) is 20.3 Å². The molecule has 0 radical (unpaired) electrons. The minimum absolute atomic E-state index is 0.0168. The number of hydrogen-bond acceptors (Lipinski definition) is 1. The second-order valence-corrected chi connectivity index (χ2v) is 6.13. The zero-order valence-corrected chi connectivity index (χ0v) is 13.1. The van der Waals surface area contributed by atoms with E-state index in [1.54, 1.807) is 11.0 Å². The Balaban J connectivity index is 1.89. The molecule has 114 valence electrons. The summed E-state index contributed by atoms with van der Waals surface area (Å²) >= 11 is 5.76. The second kappa shape index (κ2) is 6.09. The van der Waals surface area contributed by atoms with Crippen LogP contribution in [0.5, 0.6) is 0 Å². The highest BCUT2D eigenvalue weighted by Gasteiger charge is 2.31. The predicted octanol–water partition coefficient (Wildman–Crippen LogP) is 4.76. The minimum Gasteiger partial charge on any atom is -0.332 e. The van der Waals surface area contributed by atoms with E-state index >= 15 is 0 Å². The number of rotatable bonds is 2. The van der Waals surface area contributed by atoms with Gasteiger partial charge in [0.05, 0.1) is 11.6 Å². The molecule has 1 aliphatic rings. The van der Waals surface area contributed by atoms with Gasteiger partial charge in [0.25, 0.3) is 5.91 Å². The monoisotopic (exact) mass is 317 g/mol. The molecule has 3 rings (SSSR count). The molecule has 2 aromatic carbocycles. The van der Waals surface area contributed by atoms with E-state index in [9.17, 15) is 9.18 Å². The molecule has 0 aliphatic carbocycles. The summed E-state index contributed by atoms with van der Waals surface area (Å²) in [5, 5.41) is 0.297. The van der Waals surface area contributed by atoms with Gasteiger partial charge in [-0.15, -0.1) is 0 Å². The Kier molecular flexibility index (Phi) is 4.16. The Morgan fingerprint density at radius 2 is 1.95 bits per heavy atom. The Bertz CT molecular complexity index is 699. The van der Waals surface area contributed by atoms with Gasteiger partial charge in [0.2, 0.25) is 0 Å². The smallest absolute Gasteiger partial charge is 0.257 e. The van der Waals surface area contributed by atoms with Crippen LogP contribution in [0, 0.1) is 12.7 Å². The van der Waals surface area contributed by atoms with Gasteiger partial charge in [-0.1, -0.05) is 41.4 Å². The first-order chi connectivity index (χ1) is 10.6. The maximum absolute atomic E-state index is 14.0.